The molecule has 0 spiro atoms. The normalized spacial score (nSPS) is 15.6. The van der Waals surface area contributed by atoms with Crippen molar-refractivity contribution in [2.45, 2.75) is 0 Å². The van der Waals surface area contributed by atoms with Gasteiger partial charge in [0.1, 0.15) is 0 Å². The summed E-state index contributed by atoms with van der Waals surface area (Å²) in [5, 5.41) is 3.30. The van der Waals surface area contributed by atoms with Gasteiger partial charge < -0.3 is 19.9 Å². The van der Waals surface area contributed by atoms with Gasteiger partial charge in [0, 0.05) is 59.3 Å². The molecule has 1 N–H and O–H groups in total. The second-order valence-electron chi connectivity index (χ2n) is 4.49. The zero-order chi connectivity index (χ0) is 14.2. The van der Waals surface area contributed by atoms with Crippen molar-refractivity contribution in [3.63, 3.8) is 0 Å². The molecule has 1 aliphatic rings. The molecule has 8 heteroatoms. The van der Waals surface area contributed by atoms with Crippen LogP contribution in [0.4, 0.5) is 5.95 Å². The van der Waals surface area contributed by atoms with E-state index in [0.717, 1.165) is 44.6 Å². The smallest absolute Gasteiger partial charge is 0.225 e. The van der Waals surface area contributed by atoms with Crippen molar-refractivity contribution in [3.05, 3.63) is 18.5 Å². The lowest BCUT2D eigenvalue weighted by Crippen LogP contribution is -2.53. The largest absolute Gasteiger partial charge is 0.383 e. The number of halogens is 1. The van der Waals surface area contributed by atoms with Crippen molar-refractivity contribution in [2.75, 3.05) is 58.4 Å². The van der Waals surface area contributed by atoms with Gasteiger partial charge in [-0.3, -0.25) is 4.99 Å². The van der Waals surface area contributed by atoms with Gasteiger partial charge in [0.2, 0.25) is 5.95 Å². The van der Waals surface area contributed by atoms with Crippen LogP contribution in [-0.4, -0.2) is 74.3 Å². The standard InChI is InChI=1S/C13H22N6O.HI/c1-14-12(17-6-11-20-2)18-7-9-19(10-8-18)13-15-4-3-5-16-13;/h3-5H,6-11H2,1-2H3,(H,14,17);1H. The molecule has 0 bridgehead atoms. The maximum absolute atomic E-state index is 5.04. The molecule has 118 valence electrons. The molecule has 7 nitrogen and oxygen atoms in total. The van der Waals surface area contributed by atoms with Crippen LogP contribution < -0.4 is 10.2 Å². The lowest BCUT2D eigenvalue weighted by molar-refractivity contribution is 0.202. The predicted octanol–water partition coefficient (Wildman–Crippen LogP) is 0.438. The van der Waals surface area contributed by atoms with Crippen LogP contribution in [0, 0.1) is 0 Å². The van der Waals surface area contributed by atoms with E-state index in [9.17, 15) is 0 Å². The van der Waals surface area contributed by atoms with Gasteiger partial charge in [-0.1, -0.05) is 0 Å². The number of nitrogens with one attached hydrogen (secondary N) is 1. The number of guanidine groups is 1. The highest BCUT2D eigenvalue weighted by atomic mass is 127. The van der Waals surface area contributed by atoms with Crippen molar-refractivity contribution in [1.82, 2.24) is 20.2 Å². The van der Waals surface area contributed by atoms with Crippen molar-refractivity contribution >= 4 is 35.9 Å². The van der Waals surface area contributed by atoms with E-state index in [-0.39, 0.29) is 24.0 Å². The quantitative estimate of drug-likeness (QED) is 0.339. The monoisotopic (exact) mass is 406 g/mol. The van der Waals surface area contributed by atoms with E-state index in [4.69, 9.17) is 4.74 Å². The Kier molecular flexibility index (Phi) is 8.28. The molecule has 1 aliphatic heterocycles. The Hall–Kier alpha value is -1.16. The summed E-state index contributed by atoms with van der Waals surface area (Å²) in [7, 11) is 3.50. The second-order valence-corrected chi connectivity index (χ2v) is 4.49. The minimum absolute atomic E-state index is 0. The summed E-state index contributed by atoms with van der Waals surface area (Å²) in [6.07, 6.45) is 3.56. The van der Waals surface area contributed by atoms with Crippen LogP contribution in [0.1, 0.15) is 0 Å². The molecule has 0 radical (unpaired) electrons. The molecule has 0 aliphatic carbocycles. The van der Waals surface area contributed by atoms with Crippen LogP contribution in [0.3, 0.4) is 0 Å². The number of hydrogen-bond donors (Lipinski definition) is 1. The average molecular weight is 406 g/mol. The molecule has 1 aromatic rings. The van der Waals surface area contributed by atoms with Crippen LogP contribution in [-0.2, 0) is 4.74 Å². The average Bonchev–Trinajstić information content (AvgIpc) is 2.53. The van der Waals surface area contributed by atoms with Gasteiger partial charge >= 0.3 is 0 Å². The van der Waals surface area contributed by atoms with Crippen molar-refractivity contribution in [3.8, 4) is 0 Å². The maximum Gasteiger partial charge on any atom is 0.225 e. The third kappa shape index (κ3) is 5.27. The van der Waals surface area contributed by atoms with E-state index < -0.39 is 0 Å². The number of hydrogen-bond acceptors (Lipinski definition) is 5. The number of piperazine rings is 1. The zero-order valence-corrected chi connectivity index (χ0v) is 14.9. The summed E-state index contributed by atoms with van der Waals surface area (Å²) >= 11 is 0. The number of nitrogens with zero attached hydrogens (tertiary/aromatic N) is 5. The van der Waals surface area contributed by atoms with E-state index in [2.05, 4.69) is 30.1 Å². The van der Waals surface area contributed by atoms with Crippen LogP contribution in [0.15, 0.2) is 23.5 Å². The Morgan fingerprint density at radius 2 is 1.95 bits per heavy atom. The fraction of sp³-hybridized carbons (Fsp3) is 0.615. The first-order valence-corrected chi connectivity index (χ1v) is 6.81. The van der Waals surface area contributed by atoms with Crippen LogP contribution in [0.5, 0.6) is 0 Å². The molecule has 21 heavy (non-hydrogen) atoms. The minimum Gasteiger partial charge on any atom is -0.383 e. The molecule has 1 saturated heterocycles. The molecule has 0 amide bonds. The highest BCUT2D eigenvalue weighted by Gasteiger charge is 2.20. The summed E-state index contributed by atoms with van der Waals surface area (Å²) in [6, 6.07) is 1.83. The fourth-order valence-electron chi connectivity index (χ4n) is 2.17. The third-order valence-corrected chi connectivity index (χ3v) is 3.22. The summed E-state index contributed by atoms with van der Waals surface area (Å²) in [6.45, 7) is 5.06. The molecule has 0 unspecified atom stereocenters. The van der Waals surface area contributed by atoms with Gasteiger partial charge in [-0.25, -0.2) is 9.97 Å². The van der Waals surface area contributed by atoms with Crippen LogP contribution in [0.25, 0.3) is 0 Å². The van der Waals surface area contributed by atoms with Gasteiger partial charge in [0.25, 0.3) is 0 Å². The Labute approximate surface area is 142 Å². The summed E-state index contributed by atoms with van der Waals surface area (Å²) < 4.78 is 5.04. The molecule has 2 rings (SSSR count). The number of aromatic nitrogens is 2. The zero-order valence-electron chi connectivity index (χ0n) is 12.5. The minimum atomic E-state index is 0. The molecular formula is C13H23IN6O. The number of aliphatic imine (C=N–C) groups is 1. The van der Waals surface area contributed by atoms with E-state index in [1.54, 1.807) is 19.5 Å². The van der Waals surface area contributed by atoms with Gasteiger partial charge in [0.15, 0.2) is 5.96 Å². The van der Waals surface area contributed by atoms with E-state index in [1.807, 2.05) is 13.1 Å². The number of methoxy groups -OCH3 is 1. The molecule has 1 aromatic heterocycles. The molecule has 0 saturated carbocycles. The molecular weight excluding hydrogens is 383 g/mol. The topological polar surface area (TPSA) is 65.9 Å². The van der Waals surface area contributed by atoms with Gasteiger partial charge in [-0.2, -0.15) is 0 Å². The first-order chi connectivity index (χ1) is 9.85. The number of ether oxygens (including phenoxy) is 1. The summed E-state index contributed by atoms with van der Waals surface area (Å²) in [4.78, 5) is 17.3. The third-order valence-electron chi connectivity index (χ3n) is 3.22. The molecule has 0 atom stereocenters. The fourth-order valence-corrected chi connectivity index (χ4v) is 2.17. The van der Waals surface area contributed by atoms with E-state index in [1.165, 1.54) is 0 Å². The molecule has 0 aromatic carbocycles. The predicted molar refractivity (Wildman–Crippen MR) is 94.5 cm³/mol. The number of anilines is 1. The second kappa shape index (κ2) is 9.72. The lowest BCUT2D eigenvalue weighted by atomic mass is 10.3. The molecule has 1 fully saturated rings. The highest BCUT2D eigenvalue weighted by molar-refractivity contribution is 14.0. The number of rotatable bonds is 4. The van der Waals surface area contributed by atoms with Gasteiger partial charge in [0.05, 0.1) is 6.61 Å². The Bertz CT molecular complexity index is 422. The Balaban J connectivity index is 0.00000220. The molecule has 2 heterocycles. The lowest BCUT2D eigenvalue weighted by Gasteiger charge is -2.36. The van der Waals surface area contributed by atoms with Crippen molar-refractivity contribution in [1.29, 1.82) is 0 Å². The SMILES string of the molecule is CN=C(NCCOC)N1CCN(c2ncccn2)CC1.I. The van der Waals surface area contributed by atoms with Crippen molar-refractivity contribution < 1.29 is 4.74 Å². The first-order valence-electron chi connectivity index (χ1n) is 6.81. The maximum atomic E-state index is 5.04. The van der Waals surface area contributed by atoms with Crippen molar-refractivity contribution in [2.24, 2.45) is 4.99 Å². The summed E-state index contributed by atoms with van der Waals surface area (Å²) in [5.41, 5.74) is 0. The van der Waals surface area contributed by atoms with Crippen LogP contribution >= 0.6 is 24.0 Å². The van der Waals surface area contributed by atoms with E-state index in [0.29, 0.717) is 6.61 Å². The Morgan fingerprint density at radius 3 is 2.52 bits per heavy atom. The van der Waals surface area contributed by atoms with Crippen LogP contribution in [0.2, 0.25) is 0 Å². The van der Waals surface area contributed by atoms with Gasteiger partial charge in [-0.15, -0.1) is 24.0 Å². The Morgan fingerprint density at radius 1 is 1.29 bits per heavy atom. The van der Waals surface area contributed by atoms with Gasteiger partial charge in [-0.05, 0) is 6.07 Å². The first kappa shape index (κ1) is 17.9. The summed E-state index contributed by atoms with van der Waals surface area (Å²) in [5.74, 6) is 1.73. The highest BCUT2D eigenvalue weighted by Crippen LogP contribution is 2.09. The van der Waals surface area contributed by atoms with E-state index >= 15 is 0 Å².